The molecule has 2 aromatic rings. The van der Waals surface area contributed by atoms with Gasteiger partial charge in [-0.25, -0.2) is 4.98 Å². The molecule has 2 rings (SSSR count). The summed E-state index contributed by atoms with van der Waals surface area (Å²) in [4.78, 5) is 16.3. The normalized spacial score (nSPS) is 10.6. The number of nitrogens with zero attached hydrogens (tertiary/aromatic N) is 1. The molecule has 4 nitrogen and oxygen atoms in total. The highest BCUT2D eigenvalue weighted by molar-refractivity contribution is 6.30. The molecular weight excluding hydrogens is 310 g/mol. The Hall–Kier alpha value is -2.07. The number of carbonyl (C=O) groups excluding carboxylic acids is 1. The second-order valence-electron chi connectivity index (χ2n) is 5.84. The number of hydrogen-bond acceptors (Lipinski definition) is 3. The van der Waals surface area contributed by atoms with E-state index in [2.05, 4.69) is 29.5 Å². The van der Waals surface area contributed by atoms with Crippen molar-refractivity contribution in [1.29, 1.82) is 0 Å². The summed E-state index contributed by atoms with van der Waals surface area (Å²) in [5.41, 5.74) is 1.66. The van der Waals surface area contributed by atoms with E-state index < -0.39 is 0 Å². The first-order valence-electron chi connectivity index (χ1n) is 7.77. The maximum Gasteiger partial charge on any atom is 0.252 e. The van der Waals surface area contributed by atoms with E-state index in [1.807, 2.05) is 30.3 Å². The summed E-state index contributed by atoms with van der Waals surface area (Å²) < 4.78 is 0. The van der Waals surface area contributed by atoms with Gasteiger partial charge in [0.05, 0.1) is 5.56 Å². The molecule has 0 aliphatic heterocycles. The van der Waals surface area contributed by atoms with Crippen molar-refractivity contribution >= 4 is 23.3 Å². The molecule has 0 radical (unpaired) electrons. The fourth-order valence-electron chi connectivity index (χ4n) is 2.06. The van der Waals surface area contributed by atoms with Crippen LogP contribution in [0.4, 0.5) is 5.82 Å². The van der Waals surface area contributed by atoms with Crippen molar-refractivity contribution in [1.82, 2.24) is 10.3 Å². The fourth-order valence-corrected chi connectivity index (χ4v) is 2.27. The van der Waals surface area contributed by atoms with Crippen LogP contribution >= 0.6 is 11.6 Å². The Morgan fingerprint density at radius 3 is 2.74 bits per heavy atom. The Bertz CT molecular complexity index is 641. The maximum absolute atomic E-state index is 12.1. The molecule has 0 saturated heterocycles. The first-order valence-corrected chi connectivity index (χ1v) is 8.15. The van der Waals surface area contributed by atoms with Gasteiger partial charge in [0.2, 0.25) is 0 Å². The van der Waals surface area contributed by atoms with Crippen LogP contribution in [0.3, 0.4) is 0 Å². The van der Waals surface area contributed by atoms with Crippen molar-refractivity contribution in [2.24, 2.45) is 5.92 Å². The standard InChI is InChI=1S/C18H22ClN3O/c1-13(2)11-21-17-7-6-15(12-22-17)18(23)20-9-8-14-4-3-5-16(19)10-14/h3-7,10,12-13H,8-9,11H2,1-2H3,(H,20,23)(H,21,22). The molecule has 122 valence electrons. The lowest BCUT2D eigenvalue weighted by Gasteiger charge is -2.09. The van der Waals surface area contributed by atoms with E-state index in [1.54, 1.807) is 12.3 Å². The lowest BCUT2D eigenvalue weighted by molar-refractivity contribution is 0.0954. The molecule has 2 N–H and O–H groups in total. The van der Waals surface area contributed by atoms with Crippen LogP contribution in [0.15, 0.2) is 42.6 Å². The van der Waals surface area contributed by atoms with E-state index >= 15 is 0 Å². The number of amides is 1. The molecule has 1 heterocycles. The van der Waals surface area contributed by atoms with Crippen LogP contribution < -0.4 is 10.6 Å². The Balaban J connectivity index is 1.81. The van der Waals surface area contributed by atoms with Crippen molar-refractivity contribution in [2.75, 3.05) is 18.4 Å². The number of hydrogen-bond donors (Lipinski definition) is 2. The Kier molecular flexibility index (Phi) is 6.41. The minimum atomic E-state index is -0.116. The van der Waals surface area contributed by atoms with Gasteiger partial charge in [-0.2, -0.15) is 0 Å². The van der Waals surface area contributed by atoms with Gasteiger partial charge in [0, 0.05) is 24.3 Å². The predicted octanol–water partition coefficient (Wildman–Crippen LogP) is 3.78. The van der Waals surface area contributed by atoms with Crippen LogP contribution in [0.5, 0.6) is 0 Å². The van der Waals surface area contributed by atoms with Gasteiger partial charge in [-0.15, -0.1) is 0 Å². The van der Waals surface area contributed by atoms with Gasteiger partial charge in [0.15, 0.2) is 0 Å². The van der Waals surface area contributed by atoms with Gasteiger partial charge in [0.25, 0.3) is 5.91 Å². The third-order valence-electron chi connectivity index (χ3n) is 3.31. The quantitative estimate of drug-likeness (QED) is 0.812. The fraction of sp³-hybridized carbons (Fsp3) is 0.333. The summed E-state index contributed by atoms with van der Waals surface area (Å²) in [6, 6.07) is 11.3. The first-order chi connectivity index (χ1) is 11.0. The van der Waals surface area contributed by atoms with Crippen LogP contribution in [-0.2, 0) is 6.42 Å². The van der Waals surface area contributed by atoms with Crippen LogP contribution in [0.2, 0.25) is 5.02 Å². The second-order valence-corrected chi connectivity index (χ2v) is 6.28. The van der Waals surface area contributed by atoms with Crippen molar-refractivity contribution < 1.29 is 4.79 Å². The van der Waals surface area contributed by atoms with Crippen molar-refractivity contribution in [3.63, 3.8) is 0 Å². The van der Waals surface area contributed by atoms with Crippen LogP contribution in [-0.4, -0.2) is 24.0 Å². The zero-order chi connectivity index (χ0) is 16.7. The summed E-state index contributed by atoms with van der Waals surface area (Å²) in [7, 11) is 0. The van der Waals surface area contributed by atoms with Crippen molar-refractivity contribution in [2.45, 2.75) is 20.3 Å². The average molecular weight is 332 g/mol. The third-order valence-corrected chi connectivity index (χ3v) is 3.54. The highest BCUT2D eigenvalue weighted by atomic mass is 35.5. The highest BCUT2D eigenvalue weighted by Gasteiger charge is 2.06. The summed E-state index contributed by atoms with van der Waals surface area (Å²) in [6.07, 6.45) is 2.34. The SMILES string of the molecule is CC(C)CNc1ccc(C(=O)NCCc2cccc(Cl)c2)cn1. The number of anilines is 1. The van der Waals surface area contributed by atoms with E-state index in [1.165, 1.54) is 0 Å². The van der Waals surface area contributed by atoms with Crippen molar-refractivity contribution in [3.05, 3.63) is 58.7 Å². The summed E-state index contributed by atoms with van der Waals surface area (Å²) in [5.74, 6) is 1.22. The molecule has 0 unspecified atom stereocenters. The monoisotopic (exact) mass is 331 g/mol. The lowest BCUT2D eigenvalue weighted by Crippen LogP contribution is -2.25. The number of aromatic nitrogens is 1. The van der Waals surface area contributed by atoms with Gasteiger partial charge in [-0.05, 0) is 42.2 Å². The van der Waals surface area contributed by atoms with Gasteiger partial charge in [-0.3, -0.25) is 4.79 Å². The minimum Gasteiger partial charge on any atom is -0.370 e. The predicted molar refractivity (Wildman–Crippen MR) is 95.1 cm³/mol. The molecule has 1 aromatic carbocycles. The lowest BCUT2D eigenvalue weighted by atomic mass is 10.1. The largest absolute Gasteiger partial charge is 0.370 e. The number of halogens is 1. The molecule has 0 fully saturated rings. The van der Waals surface area contributed by atoms with E-state index in [4.69, 9.17) is 11.6 Å². The van der Waals surface area contributed by atoms with Gasteiger partial charge >= 0.3 is 0 Å². The number of benzene rings is 1. The number of rotatable bonds is 7. The van der Waals surface area contributed by atoms with Gasteiger partial charge in [0.1, 0.15) is 5.82 Å². The molecule has 0 bridgehead atoms. The number of carbonyl (C=O) groups is 1. The molecule has 1 amide bonds. The molecule has 23 heavy (non-hydrogen) atoms. The number of nitrogens with one attached hydrogen (secondary N) is 2. The minimum absolute atomic E-state index is 0.116. The molecule has 0 aliphatic carbocycles. The van der Waals surface area contributed by atoms with Crippen LogP contribution in [0.1, 0.15) is 29.8 Å². The second kappa shape index (κ2) is 8.53. The summed E-state index contributed by atoms with van der Waals surface area (Å²) in [5, 5.41) is 6.83. The van der Waals surface area contributed by atoms with E-state index in [-0.39, 0.29) is 5.91 Å². The summed E-state index contributed by atoms with van der Waals surface area (Å²) in [6.45, 7) is 5.69. The Morgan fingerprint density at radius 1 is 1.26 bits per heavy atom. The molecule has 5 heteroatoms. The van der Waals surface area contributed by atoms with Gasteiger partial charge < -0.3 is 10.6 Å². The molecule has 0 saturated carbocycles. The smallest absolute Gasteiger partial charge is 0.252 e. The van der Waals surface area contributed by atoms with E-state index in [0.717, 1.165) is 24.3 Å². The van der Waals surface area contributed by atoms with Crippen molar-refractivity contribution in [3.8, 4) is 0 Å². The maximum atomic E-state index is 12.1. The zero-order valence-electron chi connectivity index (χ0n) is 13.5. The van der Waals surface area contributed by atoms with E-state index in [0.29, 0.717) is 23.0 Å². The molecule has 0 aliphatic rings. The zero-order valence-corrected chi connectivity index (χ0v) is 14.2. The van der Waals surface area contributed by atoms with E-state index in [9.17, 15) is 4.79 Å². The van der Waals surface area contributed by atoms with Gasteiger partial charge in [-0.1, -0.05) is 37.6 Å². The molecule has 0 atom stereocenters. The topological polar surface area (TPSA) is 54.0 Å². The molecule has 0 spiro atoms. The average Bonchev–Trinajstić information content (AvgIpc) is 2.53. The molecular formula is C18H22ClN3O. The highest BCUT2D eigenvalue weighted by Crippen LogP contribution is 2.11. The van der Waals surface area contributed by atoms with Crippen LogP contribution in [0, 0.1) is 5.92 Å². The number of pyridine rings is 1. The Labute approximate surface area is 142 Å². The summed E-state index contributed by atoms with van der Waals surface area (Å²) >= 11 is 5.94. The molecule has 1 aromatic heterocycles. The third kappa shape index (κ3) is 5.91. The Morgan fingerprint density at radius 2 is 2.09 bits per heavy atom. The van der Waals surface area contributed by atoms with Crippen LogP contribution in [0.25, 0.3) is 0 Å². The first kappa shape index (κ1) is 17.3.